The van der Waals surface area contributed by atoms with Gasteiger partial charge in [0.25, 0.3) is 5.91 Å². The average molecular weight is 625 g/mol. The largest absolute Gasteiger partial charge is 0.484 e. The van der Waals surface area contributed by atoms with Crippen LogP contribution in [0.1, 0.15) is 25.0 Å². The third-order valence-electron chi connectivity index (χ3n) is 5.27. The maximum Gasteiger partial charge on any atom is 0.261 e. The van der Waals surface area contributed by atoms with E-state index in [9.17, 15) is 9.59 Å². The summed E-state index contributed by atoms with van der Waals surface area (Å²) in [5.41, 5.74) is 1.51. The van der Waals surface area contributed by atoms with E-state index < -0.39 is 6.04 Å². The van der Waals surface area contributed by atoms with Crippen LogP contribution in [0.15, 0.2) is 72.8 Å². The second-order valence-electron chi connectivity index (χ2n) is 8.33. The van der Waals surface area contributed by atoms with E-state index in [4.69, 9.17) is 27.9 Å². The lowest BCUT2D eigenvalue weighted by Crippen LogP contribution is -2.52. The standard InChI is InChI=1S/C27H27Cl2IN2O3/c1-18(2)31-27(34)25(15-19-7-4-3-5-8-19)32(16-22-23(28)9-6-10-24(22)29)26(33)17-35-21-13-11-20(30)12-14-21/h3-14,18,25H,15-17H2,1-2H3,(H,31,34)/t25-/m0/s1. The number of hydrogen-bond donors (Lipinski definition) is 1. The summed E-state index contributed by atoms with van der Waals surface area (Å²) in [4.78, 5) is 28.4. The molecule has 8 heteroatoms. The lowest BCUT2D eigenvalue weighted by atomic mass is 10.0. The molecule has 3 rings (SSSR count). The second kappa shape index (κ2) is 13.1. The molecule has 0 radical (unpaired) electrons. The van der Waals surface area contributed by atoms with Crippen LogP contribution in [0, 0.1) is 3.57 Å². The van der Waals surface area contributed by atoms with Crippen LogP contribution in [-0.4, -0.2) is 35.4 Å². The normalized spacial score (nSPS) is 11.7. The Labute approximate surface area is 229 Å². The van der Waals surface area contributed by atoms with Crippen LogP contribution in [0.4, 0.5) is 0 Å². The zero-order chi connectivity index (χ0) is 25.4. The Kier molecular flexibility index (Phi) is 10.2. The number of rotatable bonds is 10. The van der Waals surface area contributed by atoms with Crippen molar-refractivity contribution in [3.63, 3.8) is 0 Å². The molecule has 2 amide bonds. The van der Waals surface area contributed by atoms with Crippen molar-refractivity contribution in [1.29, 1.82) is 0 Å². The molecule has 0 aliphatic rings. The van der Waals surface area contributed by atoms with E-state index in [1.807, 2.05) is 56.3 Å². The Morgan fingerprint density at radius 1 is 0.943 bits per heavy atom. The minimum atomic E-state index is -0.792. The van der Waals surface area contributed by atoms with Crippen molar-refractivity contribution >= 4 is 57.6 Å². The zero-order valence-electron chi connectivity index (χ0n) is 19.5. The number of carbonyl (C=O) groups excluding carboxylic acids is 2. The molecule has 1 N–H and O–H groups in total. The summed E-state index contributed by atoms with van der Waals surface area (Å²) in [5.74, 6) is -0.0326. The molecule has 0 spiro atoms. The molecule has 3 aromatic rings. The molecule has 35 heavy (non-hydrogen) atoms. The van der Waals surface area contributed by atoms with Crippen molar-refractivity contribution in [3.8, 4) is 5.75 Å². The van der Waals surface area contributed by atoms with Crippen LogP contribution in [-0.2, 0) is 22.6 Å². The molecule has 0 aliphatic heterocycles. The van der Waals surface area contributed by atoms with Crippen molar-refractivity contribution < 1.29 is 14.3 Å². The van der Waals surface area contributed by atoms with E-state index in [1.165, 1.54) is 4.90 Å². The van der Waals surface area contributed by atoms with Gasteiger partial charge in [0.05, 0.1) is 0 Å². The fourth-order valence-electron chi connectivity index (χ4n) is 3.55. The first-order valence-corrected chi connectivity index (χ1v) is 13.0. The molecule has 0 aromatic heterocycles. The zero-order valence-corrected chi connectivity index (χ0v) is 23.2. The molecule has 0 aliphatic carbocycles. The number of carbonyl (C=O) groups is 2. The molecule has 0 heterocycles. The number of nitrogens with zero attached hydrogens (tertiary/aromatic N) is 1. The van der Waals surface area contributed by atoms with Crippen molar-refractivity contribution in [1.82, 2.24) is 10.2 Å². The smallest absolute Gasteiger partial charge is 0.261 e. The average Bonchev–Trinajstić information content (AvgIpc) is 2.82. The number of benzene rings is 3. The molecule has 1 atom stereocenters. The van der Waals surface area contributed by atoms with E-state index in [1.54, 1.807) is 30.3 Å². The highest BCUT2D eigenvalue weighted by Gasteiger charge is 2.32. The molecule has 184 valence electrons. The van der Waals surface area contributed by atoms with E-state index in [2.05, 4.69) is 27.9 Å². The van der Waals surface area contributed by atoms with Crippen LogP contribution >= 0.6 is 45.8 Å². The van der Waals surface area contributed by atoms with Crippen LogP contribution in [0.25, 0.3) is 0 Å². The summed E-state index contributed by atoms with van der Waals surface area (Å²) in [6, 6.07) is 21.3. The first-order valence-electron chi connectivity index (χ1n) is 11.2. The molecule has 0 saturated carbocycles. The number of amides is 2. The van der Waals surface area contributed by atoms with Crippen LogP contribution in [0.2, 0.25) is 10.0 Å². The van der Waals surface area contributed by atoms with Crippen molar-refractivity contribution in [2.45, 2.75) is 38.9 Å². The second-order valence-corrected chi connectivity index (χ2v) is 10.4. The van der Waals surface area contributed by atoms with E-state index in [-0.39, 0.29) is 31.0 Å². The summed E-state index contributed by atoms with van der Waals surface area (Å²) in [6.45, 7) is 3.60. The van der Waals surface area contributed by atoms with Gasteiger partial charge in [-0.2, -0.15) is 0 Å². The monoisotopic (exact) mass is 624 g/mol. The third kappa shape index (κ3) is 8.12. The van der Waals surface area contributed by atoms with Crippen LogP contribution in [0.3, 0.4) is 0 Å². The predicted molar refractivity (Wildman–Crippen MR) is 149 cm³/mol. The molecular weight excluding hydrogens is 598 g/mol. The van der Waals surface area contributed by atoms with Gasteiger partial charge < -0.3 is 15.0 Å². The van der Waals surface area contributed by atoms with E-state index >= 15 is 0 Å². The SMILES string of the molecule is CC(C)NC(=O)[C@H](Cc1ccccc1)N(Cc1c(Cl)cccc1Cl)C(=O)COc1ccc(I)cc1. The van der Waals surface area contributed by atoms with Gasteiger partial charge in [0, 0.05) is 38.2 Å². The maximum absolute atomic E-state index is 13.6. The lowest BCUT2D eigenvalue weighted by Gasteiger charge is -2.32. The summed E-state index contributed by atoms with van der Waals surface area (Å²) < 4.78 is 6.83. The number of halogens is 3. The third-order valence-corrected chi connectivity index (χ3v) is 6.70. The quantitative estimate of drug-likeness (QED) is 0.276. The highest BCUT2D eigenvalue weighted by Crippen LogP contribution is 2.27. The minimum Gasteiger partial charge on any atom is -0.484 e. The number of nitrogens with one attached hydrogen (secondary N) is 1. The highest BCUT2D eigenvalue weighted by molar-refractivity contribution is 14.1. The van der Waals surface area contributed by atoms with Crippen LogP contribution < -0.4 is 10.1 Å². The topological polar surface area (TPSA) is 58.6 Å². The van der Waals surface area contributed by atoms with Gasteiger partial charge >= 0.3 is 0 Å². The Hall–Kier alpha value is -2.29. The summed E-state index contributed by atoms with van der Waals surface area (Å²) in [7, 11) is 0. The van der Waals surface area contributed by atoms with Crippen molar-refractivity contribution in [2.75, 3.05) is 6.61 Å². The first-order chi connectivity index (χ1) is 16.7. The Morgan fingerprint density at radius 2 is 1.57 bits per heavy atom. The Balaban J connectivity index is 1.95. The van der Waals surface area contributed by atoms with Crippen molar-refractivity contribution in [2.24, 2.45) is 0 Å². The predicted octanol–water partition coefficient (Wildman–Crippen LogP) is 6.14. The van der Waals surface area contributed by atoms with E-state index in [0.29, 0.717) is 27.8 Å². The van der Waals surface area contributed by atoms with Gasteiger partial charge in [-0.05, 0) is 78.4 Å². The van der Waals surface area contributed by atoms with E-state index in [0.717, 1.165) is 9.13 Å². The van der Waals surface area contributed by atoms with Gasteiger partial charge in [-0.1, -0.05) is 59.6 Å². The number of hydrogen-bond acceptors (Lipinski definition) is 3. The minimum absolute atomic E-state index is 0.0659. The summed E-state index contributed by atoms with van der Waals surface area (Å²) >= 11 is 15.1. The van der Waals surface area contributed by atoms with Gasteiger partial charge in [-0.15, -0.1) is 0 Å². The maximum atomic E-state index is 13.6. The molecule has 0 unspecified atom stereocenters. The highest BCUT2D eigenvalue weighted by atomic mass is 127. The van der Waals surface area contributed by atoms with Gasteiger partial charge in [0.15, 0.2) is 6.61 Å². The molecule has 0 fully saturated rings. The van der Waals surface area contributed by atoms with Crippen LogP contribution in [0.5, 0.6) is 5.75 Å². The fourth-order valence-corrected chi connectivity index (χ4v) is 4.42. The fraction of sp³-hybridized carbons (Fsp3) is 0.259. The molecule has 0 saturated heterocycles. The van der Waals surface area contributed by atoms with Gasteiger partial charge in [-0.25, -0.2) is 0 Å². The van der Waals surface area contributed by atoms with Gasteiger partial charge in [0.2, 0.25) is 5.91 Å². The molecule has 0 bridgehead atoms. The molecular formula is C27H27Cl2IN2O3. The first kappa shape index (κ1) is 27.3. The Bertz CT molecular complexity index is 1120. The Morgan fingerprint density at radius 3 is 2.17 bits per heavy atom. The van der Waals surface area contributed by atoms with Gasteiger partial charge in [0.1, 0.15) is 11.8 Å². The van der Waals surface area contributed by atoms with Gasteiger partial charge in [-0.3, -0.25) is 9.59 Å². The number of ether oxygens (including phenoxy) is 1. The molecule has 5 nitrogen and oxygen atoms in total. The molecule has 3 aromatic carbocycles. The lowest BCUT2D eigenvalue weighted by molar-refractivity contribution is -0.143. The van der Waals surface area contributed by atoms with Crippen molar-refractivity contribution in [3.05, 3.63) is 97.5 Å². The summed E-state index contributed by atoms with van der Waals surface area (Å²) in [6.07, 6.45) is 0.330. The summed E-state index contributed by atoms with van der Waals surface area (Å²) in [5, 5.41) is 3.81.